The van der Waals surface area contributed by atoms with E-state index < -0.39 is 6.04 Å². The Bertz CT molecular complexity index is 825. The van der Waals surface area contributed by atoms with Crippen LogP contribution in [0.2, 0.25) is 0 Å². The lowest BCUT2D eigenvalue weighted by atomic mass is 10.0. The van der Waals surface area contributed by atoms with Crippen LogP contribution in [0.25, 0.3) is 0 Å². The molecule has 0 aromatic carbocycles. The summed E-state index contributed by atoms with van der Waals surface area (Å²) in [5.41, 5.74) is 0.916. The van der Waals surface area contributed by atoms with E-state index in [9.17, 15) is 9.59 Å². The molecule has 2 saturated heterocycles. The number of nitrogens with zero attached hydrogens (tertiary/aromatic N) is 2. The molecule has 3 unspecified atom stereocenters. The Kier molecular flexibility index (Phi) is 7.17. The monoisotopic (exact) mass is 447 g/mol. The van der Waals surface area contributed by atoms with E-state index in [1.807, 2.05) is 23.6 Å². The van der Waals surface area contributed by atoms with E-state index in [0.29, 0.717) is 23.2 Å². The van der Waals surface area contributed by atoms with E-state index >= 15 is 0 Å². The molecule has 2 aliphatic rings. The van der Waals surface area contributed by atoms with Gasteiger partial charge in [0.2, 0.25) is 5.91 Å². The number of carbonyl (C=O) groups is 2. The molecular formula is C22H29N3O3S2. The lowest BCUT2D eigenvalue weighted by Gasteiger charge is -2.33. The molecule has 2 aromatic heterocycles. The second kappa shape index (κ2) is 10.0. The lowest BCUT2D eigenvalue weighted by Crippen LogP contribution is -2.48. The molecule has 2 amide bonds. The highest BCUT2D eigenvalue weighted by atomic mass is 32.2. The van der Waals surface area contributed by atoms with Crippen molar-refractivity contribution in [1.29, 1.82) is 0 Å². The zero-order chi connectivity index (χ0) is 20.9. The molecule has 6 nitrogen and oxygen atoms in total. The van der Waals surface area contributed by atoms with Crippen molar-refractivity contribution in [2.45, 2.75) is 50.1 Å². The van der Waals surface area contributed by atoms with E-state index in [0.717, 1.165) is 25.1 Å². The Morgan fingerprint density at radius 1 is 1.30 bits per heavy atom. The molecule has 0 aliphatic carbocycles. The van der Waals surface area contributed by atoms with Gasteiger partial charge in [0.25, 0.3) is 5.91 Å². The summed E-state index contributed by atoms with van der Waals surface area (Å²) in [5, 5.41) is 4.77. The number of thiophene rings is 1. The fraction of sp³-hybridized carbons (Fsp3) is 0.545. The van der Waals surface area contributed by atoms with Crippen molar-refractivity contribution in [1.82, 2.24) is 15.1 Å². The summed E-state index contributed by atoms with van der Waals surface area (Å²) in [4.78, 5) is 31.1. The second-order valence-corrected chi connectivity index (χ2v) is 10.0. The maximum absolute atomic E-state index is 13.2. The third-order valence-corrected chi connectivity index (χ3v) is 8.14. The van der Waals surface area contributed by atoms with Crippen LogP contribution in [0.5, 0.6) is 0 Å². The molecule has 3 atom stereocenters. The third kappa shape index (κ3) is 4.76. The van der Waals surface area contributed by atoms with Crippen LogP contribution in [0, 0.1) is 0 Å². The van der Waals surface area contributed by atoms with E-state index in [4.69, 9.17) is 4.42 Å². The second-order valence-electron chi connectivity index (χ2n) is 7.97. The summed E-state index contributed by atoms with van der Waals surface area (Å²) in [6.07, 6.45) is 8.05. The number of nitrogens with one attached hydrogen (secondary N) is 1. The summed E-state index contributed by atoms with van der Waals surface area (Å²) in [6.45, 7) is 5.10. The summed E-state index contributed by atoms with van der Waals surface area (Å²) >= 11 is 3.02. The minimum absolute atomic E-state index is 0.0647. The predicted octanol–water partition coefficient (Wildman–Crippen LogP) is 3.98. The molecule has 162 valence electrons. The van der Waals surface area contributed by atoms with Gasteiger partial charge in [0.15, 0.2) is 0 Å². The third-order valence-electron chi connectivity index (χ3n) is 5.96. The highest BCUT2D eigenvalue weighted by Gasteiger charge is 2.43. The van der Waals surface area contributed by atoms with Gasteiger partial charge >= 0.3 is 0 Å². The number of likely N-dealkylation sites (tertiary alicyclic amines) is 1. The number of carbonyl (C=O) groups excluding carboxylic acids is 2. The first-order chi connectivity index (χ1) is 14.6. The molecule has 30 heavy (non-hydrogen) atoms. The van der Waals surface area contributed by atoms with E-state index in [1.54, 1.807) is 29.2 Å². The number of hydrogen-bond acceptors (Lipinski definition) is 6. The van der Waals surface area contributed by atoms with Crippen LogP contribution < -0.4 is 5.32 Å². The van der Waals surface area contributed by atoms with Crippen molar-refractivity contribution >= 4 is 34.9 Å². The molecule has 0 radical (unpaired) electrons. The van der Waals surface area contributed by atoms with Crippen LogP contribution in [0.3, 0.4) is 0 Å². The lowest BCUT2D eigenvalue weighted by molar-refractivity contribution is -0.124. The van der Waals surface area contributed by atoms with Crippen molar-refractivity contribution in [3.8, 4) is 0 Å². The van der Waals surface area contributed by atoms with Gasteiger partial charge in [-0.25, -0.2) is 0 Å². The van der Waals surface area contributed by atoms with Crippen molar-refractivity contribution in [2.75, 3.05) is 25.4 Å². The molecule has 0 spiro atoms. The quantitative estimate of drug-likeness (QED) is 0.651. The van der Waals surface area contributed by atoms with E-state index in [2.05, 4.69) is 17.1 Å². The first-order valence-corrected chi connectivity index (χ1v) is 12.6. The number of rotatable bonds is 7. The first kappa shape index (κ1) is 21.5. The van der Waals surface area contributed by atoms with Crippen LogP contribution in [0.4, 0.5) is 0 Å². The number of furan rings is 1. The molecule has 8 heteroatoms. The molecule has 4 rings (SSSR count). The van der Waals surface area contributed by atoms with Gasteiger partial charge in [-0.05, 0) is 50.2 Å². The Morgan fingerprint density at radius 2 is 2.20 bits per heavy atom. The fourth-order valence-corrected chi connectivity index (χ4v) is 6.33. The van der Waals surface area contributed by atoms with Gasteiger partial charge in [0.05, 0.1) is 17.4 Å². The minimum Gasteiger partial charge on any atom is -0.472 e. The minimum atomic E-state index is -0.474. The van der Waals surface area contributed by atoms with Gasteiger partial charge in [-0.2, -0.15) is 0 Å². The van der Waals surface area contributed by atoms with Crippen molar-refractivity contribution in [3.63, 3.8) is 0 Å². The van der Waals surface area contributed by atoms with Crippen LogP contribution in [-0.2, 0) is 4.79 Å². The topological polar surface area (TPSA) is 65.8 Å². The molecular weight excluding hydrogens is 418 g/mol. The standard InChI is InChI=1S/C22H29N3O3S2/c1-16-6-2-3-10-24(16)11-5-9-23-20(26)18-15-30-22(17-8-12-28-14-17)25(18)21(27)19-7-4-13-29-19/h4,7-8,12-14,16,18,22H,2-3,5-6,9-11,15H2,1H3,(H,23,26). The number of thioether (sulfide) groups is 1. The Morgan fingerprint density at radius 3 is 2.93 bits per heavy atom. The maximum atomic E-state index is 13.2. The Balaban J connectivity index is 1.37. The van der Waals surface area contributed by atoms with E-state index in [-0.39, 0.29) is 17.2 Å². The van der Waals surface area contributed by atoms with Crippen molar-refractivity contribution < 1.29 is 14.0 Å². The normalized spacial score (nSPS) is 24.8. The van der Waals surface area contributed by atoms with Crippen LogP contribution >= 0.6 is 23.1 Å². The molecule has 0 saturated carbocycles. The van der Waals surface area contributed by atoms with E-state index in [1.165, 1.54) is 30.6 Å². The number of piperidine rings is 1. The smallest absolute Gasteiger partial charge is 0.265 e. The van der Waals surface area contributed by atoms with Crippen LogP contribution in [-0.4, -0.2) is 59.1 Å². The van der Waals surface area contributed by atoms with Crippen molar-refractivity contribution in [2.24, 2.45) is 0 Å². The zero-order valence-electron chi connectivity index (χ0n) is 17.3. The summed E-state index contributed by atoms with van der Waals surface area (Å²) < 4.78 is 5.23. The van der Waals surface area contributed by atoms with Gasteiger partial charge in [-0.15, -0.1) is 23.1 Å². The molecule has 2 aliphatic heterocycles. The molecule has 0 bridgehead atoms. The fourth-order valence-electron chi connectivity index (χ4n) is 4.26. The van der Waals surface area contributed by atoms with Gasteiger partial charge in [0.1, 0.15) is 11.4 Å². The van der Waals surface area contributed by atoms with Gasteiger partial charge in [0, 0.05) is 30.4 Å². The Hall–Kier alpha value is -1.77. The van der Waals surface area contributed by atoms with Crippen LogP contribution in [0.1, 0.15) is 53.2 Å². The largest absolute Gasteiger partial charge is 0.472 e. The summed E-state index contributed by atoms with van der Waals surface area (Å²) in [5.74, 6) is 0.427. The van der Waals surface area contributed by atoms with Crippen molar-refractivity contribution in [3.05, 3.63) is 46.5 Å². The molecule has 2 fully saturated rings. The maximum Gasteiger partial charge on any atom is 0.265 e. The highest BCUT2D eigenvalue weighted by molar-refractivity contribution is 7.99. The van der Waals surface area contributed by atoms with Gasteiger partial charge in [-0.1, -0.05) is 12.5 Å². The summed E-state index contributed by atoms with van der Waals surface area (Å²) in [7, 11) is 0. The molecule has 1 N–H and O–H groups in total. The SMILES string of the molecule is CC1CCCCN1CCCNC(=O)C1CSC(c2ccoc2)N1C(=O)c1cccs1. The van der Waals surface area contributed by atoms with Gasteiger partial charge in [-0.3, -0.25) is 9.59 Å². The summed E-state index contributed by atoms with van der Waals surface area (Å²) in [6, 6.07) is 5.71. The molecule has 2 aromatic rings. The average Bonchev–Trinajstić information content (AvgIpc) is 3.52. The average molecular weight is 448 g/mol. The first-order valence-electron chi connectivity index (χ1n) is 10.7. The zero-order valence-corrected chi connectivity index (χ0v) is 18.9. The highest BCUT2D eigenvalue weighted by Crippen LogP contribution is 2.42. The Labute approximate surface area is 186 Å². The number of hydrogen-bond donors (Lipinski definition) is 1. The molecule has 4 heterocycles. The van der Waals surface area contributed by atoms with Gasteiger partial charge < -0.3 is 19.5 Å². The number of amides is 2. The van der Waals surface area contributed by atoms with Crippen LogP contribution in [0.15, 0.2) is 40.5 Å². The predicted molar refractivity (Wildman–Crippen MR) is 121 cm³/mol.